The number of rotatable bonds is 4. The van der Waals surface area contributed by atoms with Gasteiger partial charge in [-0.1, -0.05) is 43.7 Å². The van der Waals surface area contributed by atoms with E-state index in [1.807, 2.05) is 31.2 Å². The first-order valence-corrected chi connectivity index (χ1v) is 6.54. The molecular formula is C15H20ClNO. The Balaban J connectivity index is 3.22. The van der Waals surface area contributed by atoms with Crippen molar-refractivity contribution in [3.05, 3.63) is 40.9 Å². The molecule has 0 aliphatic carbocycles. The van der Waals surface area contributed by atoms with Gasteiger partial charge in [-0.05, 0) is 30.5 Å². The van der Waals surface area contributed by atoms with Gasteiger partial charge in [-0.15, -0.1) is 0 Å². The van der Waals surface area contributed by atoms with Crippen LogP contribution in [-0.2, 0) is 4.74 Å². The Morgan fingerprint density at radius 2 is 2.17 bits per heavy atom. The zero-order valence-corrected chi connectivity index (χ0v) is 12.2. The quantitative estimate of drug-likeness (QED) is 0.582. The third-order valence-corrected chi connectivity index (χ3v) is 2.59. The van der Waals surface area contributed by atoms with Gasteiger partial charge in [0, 0.05) is 17.6 Å². The minimum Gasteiger partial charge on any atom is -0.478 e. The predicted octanol–water partition coefficient (Wildman–Crippen LogP) is 4.44. The molecule has 0 unspecified atom stereocenters. The maximum atomic E-state index is 6.04. The molecule has 0 aliphatic heterocycles. The van der Waals surface area contributed by atoms with Crippen molar-refractivity contribution in [1.82, 2.24) is 0 Å². The van der Waals surface area contributed by atoms with Crippen molar-refractivity contribution in [3.8, 4) is 0 Å². The van der Waals surface area contributed by atoms with Crippen LogP contribution >= 0.6 is 11.6 Å². The second-order valence-corrected chi connectivity index (χ2v) is 4.73. The summed E-state index contributed by atoms with van der Waals surface area (Å²) >= 11 is 6.04. The molecule has 0 aromatic heterocycles. The summed E-state index contributed by atoms with van der Waals surface area (Å²) < 4.78 is 5.59. The maximum absolute atomic E-state index is 6.04. The Morgan fingerprint density at radius 3 is 2.67 bits per heavy atom. The van der Waals surface area contributed by atoms with Crippen LogP contribution in [-0.4, -0.2) is 19.6 Å². The fraction of sp³-hybridized carbons (Fsp3) is 0.400. The van der Waals surface area contributed by atoms with Crippen molar-refractivity contribution in [2.75, 3.05) is 13.7 Å². The number of ether oxygens (including phenoxy) is 1. The van der Waals surface area contributed by atoms with Gasteiger partial charge < -0.3 is 4.74 Å². The fourth-order valence-corrected chi connectivity index (χ4v) is 1.87. The molecule has 0 atom stereocenters. The Morgan fingerprint density at radius 1 is 1.44 bits per heavy atom. The van der Waals surface area contributed by atoms with Gasteiger partial charge in [0.25, 0.3) is 0 Å². The lowest BCUT2D eigenvalue weighted by molar-refractivity contribution is 0.331. The number of hydrogen-bond donors (Lipinski definition) is 0. The minimum atomic E-state index is 0.413. The van der Waals surface area contributed by atoms with Gasteiger partial charge in [-0.25, -0.2) is 0 Å². The van der Waals surface area contributed by atoms with Gasteiger partial charge in [0.15, 0.2) is 0 Å². The standard InChI is InChI=1S/C15H20ClNO/c1-5-18-15(17-4)14(9-11(2)3)12-7-6-8-13(16)10-12/h6-11H,5H2,1-4H3/b14-9-,17-15?. The molecule has 0 saturated carbocycles. The number of aliphatic imine (C=N–C) groups is 1. The molecule has 0 N–H and O–H groups in total. The summed E-state index contributed by atoms with van der Waals surface area (Å²) in [5.74, 6) is 1.07. The molecule has 1 aromatic rings. The van der Waals surface area contributed by atoms with E-state index in [-0.39, 0.29) is 0 Å². The Kier molecular flexibility index (Phi) is 5.93. The molecule has 0 spiro atoms. The monoisotopic (exact) mass is 265 g/mol. The lowest BCUT2D eigenvalue weighted by Gasteiger charge is -2.13. The second kappa shape index (κ2) is 7.22. The third kappa shape index (κ3) is 4.19. The maximum Gasteiger partial charge on any atom is 0.216 e. The molecule has 2 nitrogen and oxygen atoms in total. The first kappa shape index (κ1) is 14.8. The molecule has 0 saturated heterocycles. The highest BCUT2D eigenvalue weighted by Gasteiger charge is 2.11. The van der Waals surface area contributed by atoms with Gasteiger partial charge in [-0.2, -0.15) is 0 Å². The highest BCUT2D eigenvalue weighted by Crippen LogP contribution is 2.22. The van der Waals surface area contributed by atoms with Gasteiger partial charge in [-0.3, -0.25) is 4.99 Å². The van der Waals surface area contributed by atoms with Crippen LogP contribution in [0.25, 0.3) is 5.57 Å². The zero-order chi connectivity index (χ0) is 13.5. The number of hydrogen-bond acceptors (Lipinski definition) is 2. The van der Waals surface area contributed by atoms with Crippen molar-refractivity contribution in [2.45, 2.75) is 20.8 Å². The summed E-state index contributed by atoms with van der Waals surface area (Å²) in [5.41, 5.74) is 2.03. The summed E-state index contributed by atoms with van der Waals surface area (Å²) in [6, 6.07) is 7.75. The van der Waals surface area contributed by atoms with E-state index in [9.17, 15) is 0 Å². The van der Waals surface area contributed by atoms with Crippen molar-refractivity contribution < 1.29 is 4.74 Å². The van der Waals surface area contributed by atoms with E-state index >= 15 is 0 Å². The largest absolute Gasteiger partial charge is 0.478 e. The van der Waals surface area contributed by atoms with Crippen molar-refractivity contribution in [1.29, 1.82) is 0 Å². The smallest absolute Gasteiger partial charge is 0.216 e. The van der Waals surface area contributed by atoms with E-state index in [0.29, 0.717) is 23.4 Å². The van der Waals surface area contributed by atoms with E-state index in [4.69, 9.17) is 16.3 Å². The molecule has 1 aromatic carbocycles. The van der Waals surface area contributed by atoms with Crippen molar-refractivity contribution in [2.24, 2.45) is 10.9 Å². The Bertz CT molecular complexity index is 450. The Hall–Kier alpha value is -1.28. The van der Waals surface area contributed by atoms with Crippen LogP contribution < -0.4 is 0 Å². The van der Waals surface area contributed by atoms with Crippen LogP contribution in [0.4, 0.5) is 0 Å². The molecule has 0 aliphatic rings. The number of nitrogens with zero attached hydrogens (tertiary/aromatic N) is 1. The van der Waals surface area contributed by atoms with Crippen LogP contribution in [0.3, 0.4) is 0 Å². The third-order valence-electron chi connectivity index (χ3n) is 2.35. The van der Waals surface area contributed by atoms with Crippen LogP contribution in [0.2, 0.25) is 5.02 Å². The topological polar surface area (TPSA) is 21.6 Å². The number of halogens is 1. The summed E-state index contributed by atoms with van der Waals surface area (Å²) in [4.78, 5) is 4.22. The average molecular weight is 266 g/mol. The normalized spacial score (nSPS) is 13.0. The number of allylic oxidation sites excluding steroid dienone is 1. The Labute approximate surface area is 114 Å². The van der Waals surface area contributed by atoms with Gasteiger partial charge in [0.2, 0.25) is 5.90 Å². The van der Waals surface area contributed by atoms with E-state index in [0.717, 1.165) is 11.1 Å². The highest BCUT2D eigenvalue weighted by molar-refractivity contribution is 6.31. The van der Waals surface area contributed by atoms with Crippen molar-refractivity contribution in [3.63, 3.8) is 0 Å². The molecule has 0 radical (unpaired) electrons. The molecule has 1 rings (SSSR count). The summed E-state index contributed by atoms with van der Waals surface area (Å²) in [6.45, 7) is 6.81. The molecule has 0 fully saturated rings. The van der Waals surface area contributed by atoms with Gasteiger partial charge in [0.1, 0.15) is 0 Å². The van der Waals surface area contributed by atoms with E-state index in [2.05, 4.69) is 24.9 Å². The summed E-state index contributed by atoms with van der Waals surface area (Å²) in [6.07, 6.45) is 2.14. The van der Waals surface area contributed by atoms with E-state index in [1.54, 1.807) is 7.05 Å². The van der Waals surface area contributed by atoms with Crippen LogP contribution in [0.1, 0.15) is 26.3 Å². The van der Waals surface area contributed by atoms with E-state index in [1.165, 1.54) is 0 Å². The van der Waals surface area contributed by atoms with Crippen LogP contribution in [0.15, 0.2) is 35.3 Å². The molecule has 18 heavy (non-hydrogen) atoms. The molecular weight excluding hydrogens is 246 g/mol. The average Bonchev–Trinajstić information content (AvgIpc) is 2.33. The molecule has 98 valence electrons. The minimum absolute atomic E-state index is 0.413. The van der Waals surface area contributed by atoms with Crippen LogP contribution in [0.5, 0.6) is 0 Å². The number of benzene rings is 1. The molecule has 3 heteroatoms. The molecule has 0 bridgehead atoms. The van der Waals surface area contributed by atoms with Crippen LogP contribution in [0, 0.1) is 5.92 Å². The highest BCUT2D eigenvalue weighted by atomic mass is 35.5. The first-order chi connectivity index (χ1) is 8.58. The second-order valence-electron chi connectivity index (χ2n) is 4.30. The van der Waals surface area contributed by atoms with Gasteiger partial charge >= 0.3 is 0 Å². The molecule has 0 heterocycles. The SMILES string of the molecule is CCOC(=NC)/C(=C\C(C)C)c1cccc(Cl)c1. The first-order valence-electron chi connectivity index (χ1n) is 6.16. The van der Waals surface area contributed by atoms with Crippen molar-refractivity contribution >= 4 is 23.1 Å². The lowest BCUT2D eigenvalue weighted by atomic mass is 10.0. The fourth-order valence-electron chi connectivity index (χ4n) is 1.68. The van der Waals surface area contributed by atoms with E-state index < -0.39 is 0 Å². The predicted molar refractivity (Wildman–Crippen MR) is 79.3 cm³/mol. The summed E-state index contributed by atoms with van der Waals surface area (Å²) in [7, 11) is 1.74. The summed E-state index contributed by atoms with van der Waals surface area (Å²) in [5, 5.41) is 0.717. The molecule has 0 amide bonds. The zero-order valence-electron chi connectivity index (χ0n) is 11.4. The van der Waals surface area contributed by atoms with Gasteiger partial charge in [0.05, 0.1) is 6.61 Å². The lowest BCUT2D eigenvalue weighted by Crippen LogP contribution is -2.08.